The van der Waals surface area contributed by atoms with Crippen LogP contribution in [0.5, 0.6) is 0 Å². The van der Waals surface area contributed by atoms with Crippen LogP contribution in [-0.4, -0.2) is 43.2 Å². The van der Waals surface area contributed by atoms with E-state index in [4.69, 9.17) is 4.74 Å². The molecule has 0 saturated carbocycles. The molecule has 3 nitrogen and oxygen atoms in total. The molecule has 1 aliphatic rings. The minimum Gasteiger partial charge on any atom is -1.00 e. The van der Waals surface area contributed by atoms with Crippen molar-refractivity contribution in [2.24, 2.45) is 0 Å². The van der Waals surface area contributed by atoms with Crippen LogP contribution in [0.25, 0.3) is 0 Å². The van der Waals surface area contributed by atoms with E-state index in [9.17, 15) is 4.79 Å². The minimum atomic E-state index is -0.0417. The second-order valence-corrected chi connectivity index (χ2v) is 3.08. The van der Waals surface area contributed by atoms with Gasteiger partial charge in [0.1, 0.15) is 13.2 Å². The number of ether oxygens (including phenoxy) is 1. The average molecular weight is 238 g/mol. The molecule has 0 bridgehead atoms. The van der Waals surface area contributed by atoms with E-state index >= 15 is 0 Å². The number of esters is 1. The minimum absolute atomic E-state index is 0. The molecule has 1 saturated heterocycles. The molecule has 1 heterocycles. The highest BCUT2D eigenvalue weighted by Gasteiger charge is 2.31. The van der Waals surface area contributed by atoms with Crippen LogP contribution in [0.2, 0.25) is 0 Å². The van der Waals surface area contributed by atoms with Crippen molar-refractivity contribution in [1.82, 2.24) is 0 Å². The van der Waals surface area contributed by atoms with Crippen LogP contribution in [-0.2, 0) is 9.53 Å². The standard InChI is InChI=1S/C8H16NO2.BrH/c1-3-9(4-2)5-6-11-8(10)7-9;/h3-7H2,1-2H3;1H/q+1;/p-1. The molecule has 0 atom stereocenters. The highest BCUT2D eigenvalue weighted by Crippen LogP contribution is 2.10. The number of morpholine rings is 1. The van der Waals surface area contributed by atoms with Crippen LogP contribution in [0.1, 0.15) is 13.8 Å². The summed E-state index contributed by atoms with van der Waals surface area (Å²) in [5.41, 5.74) is 0. The molecular formula is C8H16BrNO2. The molecule has 0 aromatic carbocycles. The SMILES string of the molecule is CC[N+]1(CC)CCOC(=O)C1.[Br-]. The Morgan fingerprint density at radius 1 is 1.42 bits per heavy atom. The molecule has 0 radical (unpaired) electrons. The van der Waals surface area contributed by atoms with E-state index in [0.29, 0.717) is 13.2 Å². The van der Waals surface area contributed by atoms with Crippen LogP contribution in [0.4, 0.5) is 0 Å². The molecule has 0 N–H and O–H groups in total. The fraction of sp³-hybridized carbons (Fsp3) is 0.875. The maximum absolute atomic E-state index is 11.0. The quantitative estimate of drug-likeness (QED) is 0.389. The summed E-state index contributed by atoms with van der Waals surface area (Å²) < 4.78 is 5.78. The second-order valence-electron chi connectivity index (χ2n) is 3.08. The molecule has 12 heavy (non-hydrogen) atoms. The van der Waals surface area contributed by atoms with Crippen molar-refractivity contribution >= 4 is 5.97 Å². The highest BCUT2D eigenvalue weighted by molar-refractivity contribution is 5.71. The lowest BCUT2D eigenvalue weighted by Crippen LogP contribution is -3.00. The molecule has 1 aliphatic heterocycles. The fourth-order valence-electron chi connectivity index (χ4n) is 1.52. The van der Waals surface area contributed by atoms with Crippen molar-refractivity contribution in [3.63, 3.8) is 0 Å². The Morgan fingerprint density at radius 2 is 2.00 bits per heavy atom. The molecule has 0 unspecified atom stereocenters. The predicted octanol–water partition coefficient (Wildman–Crippen LogP) is -2.60. The summed E-state index contributed by atoms with van der Waals surface area (Å²) in [5.74, 6) is -0.0417. The zero-order valence-electron chi connectivity index (χ0n) is 7.68. The zero-order valence-corrected chi connectivity index (χ0v) is 9.26. The molecule has 0 aliphatic carbocycles. The monoisotopic (exact) mass is 237 g/mol. The van der Waals surface area contributed by atoms with E-state index in [0.717, 1.165) is 24.1 Å². The van der Waals surface area contributed by atoms with Crippen molar-refractivity contribution in [2.75, 3.05) is 32.8 Å². The molecule has 1 rings (SSSR count). The first-order valence-electron chi connectivity index (χ1n) is 4.23. The van der Waals surface area contributed by atoms with Crippen LogP contribution >= 0.6 is 0 Å². The number of carbonyl (C=O) groups is 1. The number of nitrogens with zero attached hydrogens (tertiary/aromatic N) is 1. The van der Waals surface area contributed by atoms with Gasteiger partial charge in [0.05, 0.1) is 13.1 Å². The Hall–Kier alpha value is -0.0900. The first-order chi connectivity index (χ1) is 5.22. The topological polar surface area (TPSA) is 26.3 Å². The zero-order chi connectivity index (χ0) is 8.32. The second kappa shape index (κ2) is 4.82. The summed E-state index contributed by atoms with van der Waals surface area (Å²) >= 11 is 0. The lowest BCUT2D eigenvalue weighted by molar-refractivity contribution is -0.922. The summed E-state index contributed by atoms with van der Waals surface area (Å²) in [7, 11) is 0. The summed E-state index contributed by atoms with van der Waals surface area (Å²) in [6, 6.07) is 0. The predicted molar refractivity (Wildman–Crippen MR) is 42.0 cm³/mol. The van der Waals surface area contributed by atoms with Gasteiger partial charge in [-0.05, 0) is 13.8 Å². The summed E-state index contributed by atoms with van der Waals surface area (Å²) in [6.45, 7) is 8.47. The van der Waals surface area contributed by atoms with Crippen LogP contribution in [0.3, 0.4) is 0 Å². The van der Waals surface area contributed by atoms with E-state index in [1.54, 1.807) is 0 Å². The normalized spacial score (nSPS) is 21.0. The van der Waals surface area contributed by atoms with E-state index in [1.165, 1.54) is 0 Å². The van der Waals surface area contributed by atoms with Crippen LogP contribution < -0.4 is 17.0 Å². The fourth-order valence-corrected chi connectivity index (χ4v) is 1.52. The van der Waals surface area contributed by atoms with Gasteiger partial charge in [0, 0.05) is 0 Å². The number of quaternary nitrogens is 1. The lowest BCUT2D eigenvalue weighted by atomic mass is 10.3. The summed E-state index contributed by atoms with van der Waals surface area (Å²) in [6.07, 6.45) is 0. The van der Waals surface area contributed by atoms with Crippen molar-refractivity contribution < 1.29 is 31.0 Å². The molecule has 0 aromatic rings. The average Bonchev–Trinajstić information content (AvgIpc) is 2.04. The number of rotatable bonds is 2. The van der Waals surface area contributed by atoms with Crippen molar-refractivity contribution in [3.05, 3.63) is 0 Å². The Bertz CT molecular complexity index is 157. The summed E-state index contributed by atoms with van der Waals surface area (Å²) in [5, 5.41) is 0. The van der Waals surface area contributed by atoms with E-state index in [-0.39, 0.29) is 23.0 Å². The van der Waals surface area contributed by atoms with E-state index in [2.05, 4.69) is 13.8 Å². The van der Waals surface area contributed by atoms with Gasteiger partial charge in [-0.1, -0.05) is 0 Å². The molecule has 0 aromatic heterocycles. The van der Waals surface area contributed by atoms with Gasteiger partial charge < -0.3 is 26.2 Å². The van der Waals surface area contributed by atoms with Gasteiger partial charge in [-0.15, -0.1) is 0 Å². The maximum atomic E-state index is 11.0. The van der Waals surface area contributed by atoms with Crippen molar-refractivity contribution in [1.29, 1.82) is 0 Å². The largest absolute Gasteiger partial charge is 1.00 e. The van der Waals surface area contributed by atoms with Crippen molar-refractivity contribution in [2.45, 2.75) is 13.8 Å². The van der Waals surface area contributed by atoms with Crippen LogP contribution in [0, 0.1) is 0 Å². The number of halogens is 1. The first kappa shape index (κ1) is 11.9. The Morgan fingerprint density at radius 3 is 2.33 bits per heavy atom. The molecule has 4 heteroatoms. The number of hydrogen-bond acceptors (Lipinski definition) is 2. The van der Waals surface area contributed by atoms with E-state index < -0.39 is 0 Å². The third-order valence-electron chi connectivity index (χ3n) is 2.63. The van der Waals surface area contributed by atoms with E-state index in [1.807, 2.05) is 0 Å². The van der Waals surface area contributed by atoms with Gasteiger partial charge in [0.25, 0.3) is 0 Å². The Kier molecular flexibility index (Phi) is 4.78. The van der Waals surface area contributed by atoms with Gasteiger partial charge in [0.2, 0.25) is 0 Å². The maximum Gasteiger partial charge on any atom is 0.362 e. The number of carbonyl (C=O) groups excluding carboxylic acids is 1. The number of likely N-dealkylation sites (N-methyl/N-ethyl adjacent to an activating group) is 1. The molecule has 1 fully saturated rings. The molecular weight excluding hydrogens is 222 g/mol. The highest BCUT2D eigenvalue weighted by atomic mass is 79.9. The third-order valence-corrected chi connectivity index (χ3v) is 2.63. The van der Waals surface area contributed by atoms with Crippen molar-refractivity contribution in [3.8, 4) is 0 Å². The number of hydrogen-bond donors (Lipinski definition) is 0. The van der Waals surface area contributed by atoms with Crippen LogP contribution in [0.15, 0.2) is 0 Å². The van der Waals surface area contributed by atoms with Gasteiger partial charge >= 0.3 is 5.97 Å². The van der Waals surface area contributed by atoms with Gasteiger partial charge in [-0.25, -0.2) is 4.79 Å². The Labute approximate surface area is 84.0 Å². The first-order valence-corrected chi connectivity index (χ1v) is 4.23. The summed E-state index contributed by atoms with van der Waals surface area (Å²) in [4.78, 5) is 11.0. The number of cyclic esters (lactones) is 1. The van der Waals surface area contributed by atoms with Gasteiger partial charge in [-0.3, -0.25) is 0 Å². The molecule has 0 amide bonds. The van der Waals surface area contributed by atoms with Gasteiger partial charge in [0.15, 0.2) is 6.54 Å². The molecule has 72 valence electrons. The lowest BCUT2D eigenvalue weighted by Gasteiger charge is -2.38. The van der Waals surface area contributed by atoms with Gasteiger partial charge in [-0.2, -0.15) is 0 Å². The Balaban J connectivity index is 0.00000121. The molecule has 0 spiro atoms. The third kappa shape index (κ3) is 2.45. The smallest absolute Gasteiger partial charge is 0.362 e.